The van der Waals surface area contributed by atoms with Crippen LogP contribution in [0, 0.1) is 17.7 Å². The Hall–Kier alpha value is -1.93. The first kappa shape index (κ1) is 19.8. The van der Waals surface area contributed by atoms with Gasteiger partial charge >= 0.3 is 5.97 Å². The SMILES string of the molecule is CCOC(=O)[C@]1(CCSC)N[C@@H](c2ccc(F)cc2)[C@H]2C(=O)N(C)C(=O)[C@@H]21. The Morgan fingerprint density at radius 1 is 1.30 bits per heavy atom. The molecule has 0 saturated carbocycles. The minimum absolute atomic E-state index is 0.179. The Kier molecular flexibility index (Phi) is 5.58. The molecule has 0 aromatic heterocycles. The van der Waals surface area contributed by atoms with E-state index in [1.807, 2.05) is 6.26 Å². The summed E-state index contributed by atoms with van der Waals surface area (Å²) in [5, 5.41) is 3.26. The highest BCUT2D eigenvalue weighted by molar-refractivity contribution is 7.98. The summed E-state index contributed by atoms with van der Waals surface area (Å²) in [7, 11) is 1.44. The largest absolute Gasteiger partial charge is 0.465 e. The molecule has 4 atom stereocenters. The van der Waals surface area contributed by atoms with Crippen molar-refractivity contribution in [3.8, 4) is 0 Å². The number of hydrogen-bond acceptors (Lipinski definition) is 6. The number of thioether (sulfide) groups is 1. The summed E-state index contributed by atoms with van der Waals surface area (Å²) in [6.45, 7) is 1.88. The van der Waals surface area contributed by atoms with Gasteiger partial charge in [-0.3, -0.25) is 24.6 Å². The molecule has 0 radical (unpaired) electrons. The Balaban J connectivity index is 2.10. The van der Waals surface area contributed by atoms with E-state index in [0.717, 1.165) is 4.90 Å². The van der Waals surface area contributed by atoms with Crippen LogP contribution < -0.4 is 5.32 Å². The van der Waals surface area contributed by atoms with Gasteiger partial charge in [-0.2, -0.15) is 11.8 Å². The summed E-state index contributed by atoms with van der Waals surface area (Å²) in [6, 6.07) is 5.21. The van der Waals surface area contributed by atoms with Crippen LogP contribution in [0.5, 0.6) is 0 Å². The van der Waals surface area contributed by atoms with Crippen molar-refractivity contribution < 1.29 is 23.5 Å². The Morgan fingerprint density at radius 2 is 1.96 bits per heavy atom. The second-order valence-electron chi connectivity index (χ2n) is 6.85. The van der Waals surface area contributed by atoms with Crippen molar-refractivity contribution in [1.29, 1.82) is 0 Å². The van der Waals surface area contributed by atoms with Gasteiger partial charge < -0.3 is 4.74 Å². The lowest BCUT2D eigenvalue weighted by Gasteiger charge is -2.32. The zero-order chi connectivity index (χ0) is 19.8. The topological polar surface area (TPSA) is 75.7 Å². The molecule has 3 rings (SSSR count). The van der Waals surface area contributed by atoms with E-state index < -0.39 is 35.2 Å². The maximum Gasteiger partial charge on any atom is 0.327 e. The number of carbonyl (C=O) groups is 3. The summed E-state index contributed by atoms with van der Waals surface area (Å²) < 4.78 is 18.7. The first-order chi connectivity index (χ1) is 12.9. The first-order valence-corrected chi connectivity index (χ1v) is 10.3. The van der Waals surface area contributed by atoms with Gasteiger partial charge in [0, 0.05) is 13.1 Å². The third-order valence-electron chi connectivity index (χ3n) is 5.44. The summed E-state index contributed by atoms with van der Waals surface area (Å²) in [4.78, 5) is 39.8. The van der Waals surface area contributed by atoms with Crippen LogP contribution in [0.15, 0.2) is 24.3 Å². The molecule has 1 aromatic rings. The van der Waals surface area contributed by atoms with Gasteiger partial charge in [0.1, 0.15) is 11.4 Å². The summed E-state index contributed by atoms with van der Waals surface area (Å²) in [5.41, 5.74) is -0.613. The van der Waals surface area contributed by atoms with Crippen LogP contribution in [0.4, 0.5) is 4.39 Å². The van der Waals surface area contributed by atoms with Crippen molar-refractivity contribution in [2.75, 3.05) is 25.7 Å². The number of nitrogens with zero attached hydrogens (tertiary/aromatic N) is 1. The molecule has 1 N–H and O–H groups in total. The highest BCUT2D eigenvalue weighted by Crippen LogP contribution is 2.50. The molecule has 2 saturated heterocycles. The maximum atomic E-state index is 13.4. The molecule has 0 aliphatic carbocycles. The number of benzene rings is 1. The third-order valence-corrected chi connectivity index (χ3v) is 6.06. The molecule has 2 aliphatic heterocycles. The standard InChI is InChI=1S/C19H23FN2O4S/c1-4-26-18(25)19(9-10-27-3)14-13(16(23)22(2)17(14)24)15(21-19)11-5-7-12(20)8-6-11/h5-8,13-15,21H,4,9-10H2,1-3H3/t13-,14+,15-,19+/m0/s1. The molecule has 6 nitrogen and oxygen atoms in total. The highest BCUT2D eigenvalue weighted by Gasteiger charge is 2.67. The predicted molar refractivity (Wildman–Crippen MR) is 99.4 cm³/mol. The van der Waals surface area contributed by atoms with Gasteiger partial charge in [0.15, 0.2) is 0 Å². The van der Waals surface area contributed by atoms with Crippen LogP contribution >= 0.6 is 11.8 Å². The fourth-order valence-corrected chi connectivity index (χ4v) is 4.67. The number of imide groups is 1. The molecule has 2 amide bonds. The molecule has 27 heavy (non-hydrogen) atoms. The van der Waals surface area contributed by atoms with Gasteiger partial charge in [0.2, 0.25) is 11.8 Å². The van der Waals surface area contributed by atoms with Gasteiger partial charge in [0.25, 0.3) is 0 Å². The number of hydrogen-bond donors (Lipinski definition) is 1. The molecule has 2 heterocycles. The molecule has 0 unspecified atom stereocenters. The number of rotatable bonds is 6. The second kappa shape index (κ2) is 7.59. The van der Waals surface area contributed by atoms with Gasteiger partial charge in [-0.05, 0) is 43.0 Å². The van der Waals surface area contributed by atoms with Crippen LogP contribution in [-0.2, 0) is 19.1 Å². The quantitative estimate of drug-likeness (QED) is 0.585. The lowest BCUT2D eigenvalue weighted by Crippen LogP contribution is -2.56. The monoisotopic (exact) mass is 394 g/mol. The van der Waals surface area contributed by atoms with Gasteiger partial charge in [-0.25, -0.2) is 4.39 Å². The number of esters is 1. The smallest absolute Gasteiger partial charge is 0.327 e. The molecule has 0 spiro atoms. The molecular weight excluding hydrogens is 371 g/mol. The number of likely N-dealkylation sites (tertiary alicyclic amines) is 1. The number of fused-ring (bicyclic) bond motifs is 1. The number of halogens is 1. The van der Waals surface area contributed by atoms with E-state index in [9.17, 15) is 18.8 Å². The van der Waals surface area contributed by atoms with Crippen LogP contribution in [0.1, 0.15) is 24.9 Å². The van der Waals surface area contributed by atoms with E-state index in [-0.39, 0.29) is 18.4 Å². The van der Waals surface area contributed by atoms with Crippen LogP contribution in [0.2, 0.25) is 0 Å². The van der Waals surface area contributed by atoms with Crippen LogP contribution in [0.25, 0.3) is 0 Å². The van der Waals surface area contributed by atoms with Gasteiger partial charge in [0.05, 0.1) is 18.4 Å². The fourth-order valence-electron chi connectivity index (χ4n) is 4.15. The molecule has 0 bridgehead atoms. The fraction of sp³-hybridized carbons (Fsp3) is 0.526. The maximum absolute atomic E-state index is 13.4. The van der Waals surface area contributed by atoms with Crippen molar-refractivity contribution in [2.24, 2.45) is 11.8 Å². The molecular formula is C19H23FN2O4S. The van der Waals surface area contributed by atoms with Crippen molar-refractivity contribution in [3.63, 3.8) is 0 Å². The normalized spacial score (nSPS) is 29.9. The van der Waals surface area contributed by atoms with E-state index in [2.05, 4.69) is 5.32 Å². The number of carbonyl (C=O) groups excluding carboxylic acids is 3. The molecule has 8 heteroatoms. The highest BCUT2D eigenvalue weighted by atomic mass is 32.2. The third kappa shape index (κ3) is 3.14. The second-order valence-corrected chi connectivity index (χ2v) is 7.83. The zero-order valence-corrected chi connectivity index (χ0v) is 16.3. The summed E-state index contributed by atoms with van der Waals surface area (Å²) in [5.74, 6) is -2.56. The summed E-state index contributed by atoms with van der Waals surface area (Å²) in [6.07, 6.45) is 2.27. The minimum Gasteiger partial charge on any atom is -0.465 e. The lowest BCUT2D eigenvalue weighted by molar-refractivity contribution is -0.156. The van der Waals surface area contributed by atoms with E-state index >= 15 is 0 Å². The minimum atomic E-state index is -1.28. The van der Waals surface area contributed by atoms with Crippen LogP contribution in [-0.4, -0.2) is 53.9 Å². The van der Waals surface area contributed by atoms with Crippen LogP contribution in [0.3, 0.4) is 0 Å². The van der Waals surface area contributed by atoms with Crippen molar-refractivity contribution in [1.82, 2.24) is 10.2 Å². The number of nitrogens with one attached hydrogen (secondary N) is 1. The predicted octanol–water partition coefficient (Wildman–Crippen LogP) is 1.76. The summed E-state index contributed by atoms with van der Waals surface area (Å²) >= 11 is 1.55. The van der Waals surface area contributed by atoms with Gasteiger partial charge in [-0.1, -0.05) is 12.1 Å². The Bertz CT molecular complexity index is 757. The molecule has 1 aromatic carbocycles. The average molecular weight is 394 g/mol. The van der Waals surface area contributed by atoms with Crippen molar-refractivity contribution in [2.45, 2.75) is 24.9 Å². The van der Waals surface area contributed by atoms with E-state index in [0.29, 0.717) is 17.7 Å². The average Bonchev–Trinajstić information content (AvgIpc) is 3.11. The lowest BCUT2D eigenvalue weighted by atomic mass is 9.78. The van der Waals surface area contributed by atoms with Crippen molar-refractivity contribution in [3.05, 3.63) is 35.6 Å². The molecule has 146 valence electrons. The zero-order valence-electron chi connectivity index (χ0n) is 15.5. The number of amides is 2. The van der Waals surface area contributed by atoms with E-state index in [4.69, 9.17) is 4.74 Å². The van der Waals surface area contributed by atoms with E-state index in [1.54, 1.807) is 30.8 Å². The molecule has 2 fully saturated rings. The Morgan fingerprint density at radius 3 is 2.56 bits per heavy atom. The van der Waals surface area contributed by atoms with Gasteiger partial charge in [-0.15, -0.1) is 0 Å². The van der Waals surface area contributed by atoms with Crippen molar-refractivity contribution >= 4 is 29.5 Å². The Labute approximate surface area is 161 Å². The van der Waals surface area contributed by atoms with E-state index in [1.165, 1.54) is 19.2 Å². The molecule has 2 aliphatic rings. The first-order valence-electron chi connectivity index (χ1n) is 8.88. The number of ether oxygens (including phenoxy) is 1.